The van der Waals surface area contributed by atoms with Crippen LogP contribution in [0.15, 0.2) is 4.47 Å². The van der Waals surface area contributed by atoms with Crippen molar-refractivity contribution >= 4 is 21.8 Å². The van der Waals surface area contributed by atoms with Crippen molar-refractivity contribution in [2.45, 2.75) is 44.8 Å². The van der Waals surface area contributed by atoms with Crippen molar-refractivity contribution in [1.82, 2.24) is 15.1 Å². The van der Waals surface area contributed by atoms with Gasteiger partial charge in [-0.15, -0.1) is 0 Å². The maximum atomic E-state index is 12.8. The van der Waals surface area contributed by atoms with E-state index in [1.807, 2.05) is 6.92 Å². The van der Waals surface area contributed by atoms with E-state index in [2.05, 4.69) is 26.3 Å². The molecule has 1 aromatic rings. The average molecular weight is 368 g/mol. The zero-order valence-corrected chi connectivity index (χ0v) is 13.4. The first-order valence-electron chi connectivity index (χ1n) is 6.82. The second kappa shape index (κ2) is 5.98. The van der Waals surface area contributed by atoms with Crippen LogP contribution in [0.4, 0.5) is 13.2 Å². The van der Waals surface area contributed by atoms with Crippen LogP contribution in [0.5, 0.6) is 0 Å². The number of carbonyl (C=O) groups excluding carboxylic acids is 1. The molecular weight excluding hydrogens is 351 g/mol. The van der Waals surface area contributed by atoms with Gasteiger partial charge in [-0.05, 0) is 34.7 Å². The number of amides is 1. The second-order valence-electron chi connectivity index (χ2n) is 5.47. The van der Waals surface area contributed by atoms with E-state index >= 15 is 0 Å². The molecule has 0 spiro atoms. The first-order chi connectivity index (χ1) is 9.71. The van der Waals surface area contributed by atoms with Gasteiger partial charge in [0.15, 0.2) is 5.69 Å². The van der Waals surface area contributed by atoms with Crippen molar-refractivity contribution in [1.29, 1.82) is 0 Å². The van der Waals surface area contributed by atoms with E-state index in [-0.39, 0.29) is 16.2 Å². The van der Waals surface area contributed by atoms with Crippen molar-refractivity contribution in [3.8, 4) is 0 Å². The molecule has 1 aromatic heterocycles. The summed E-state index contributed by atoms with van der Waals surface area (Å²) < 4.78 is 39.0. The number of hydrogen-bond donors (Lipinski definition) is 1. The zero-order chi connectivity index (χ0) is 15.8. The Morgan fingerprint density at radius 3 is 2.52 bits per heavy atom. The van der Waals surface area contributed by atoms with Gasteiger partial charge in [-0.25, -0.2) is 0 Å². The van der Waals surface area contributed by atoms with Gasteiger partial charge in [0.05, 0.1) is 4.47 Å². The van der Waals surface area contributed by atoms with Crippen LogP contribution in [0.1, 0.15) is 48.8 Å². The van der Waals surface area contributed by atoms with Crippen molar-refractivity contribution in [2.24, 2.45) is 13.0 Å². The summed E-state index contributed by atoms with van der Waals surface area (Å²) in [6.45, 7) is 2.05. The molecule has 0 bridgehead atoms. The molecular formula is C13H17BrF3N3O. The van der Waals surface area contributed by atoms with Crippen LogP contribution in [0.25, 0.3) is 0 Å². The van der Waals surface area contributed by atoms with Gasteiger partial charge in [-0.1, -0.05) is 19.8 Å². The number of alkyl halides is 3. The number of carbonyl (C=O) groups is 1. The molecule has 1 N–H and O–H groups in total. The quantitative estimate of drug-likeness (QED) is 0.869. The number of rotatable bonds is 2. The summed E-state index contributed by atoms with van der Waals surface area (Å²) in [4.78, 5) is 12.3. The number of nitrogens with one attached hydrogen (secondary N) is 1. The summed E-state index contributed by atoms with van der Waals surface area (Å²) in [6, 6.07) is 0.00221. The summed E-state index contributed by atoms with van der Waals surface area (Å²) in [5.74, 6) is -0.192. The molecule has 1 amide bonds. The lowest BCUT2D eigenvalue weighted by Gasteiger charge is -2.29. The highest BCUT2D eigenvalue weighted by Gasteiger charge is 2.39. The van der Waals surface area contributed by atoms with Crippen molar-refractivity contribution in [3.63, 3.8) is 0 Å². The normalized spacial score (nSPS) is 23.1. The van der Waals surface area contributed by atoms with E-state index in [1.54, 1.807) is 0 Å². The van der Waals surface area contributed by atoms with E-state index in [0.717, 1.165) is 30.4 Å². The van der Waals surface area contributed by atoms with E-state index in [9.17, 15) is 18.0 Å². The van der Waals surface area contributed by atoms with Crippen LogP contribution in [0, 0.1) is 5.92 Å². The van der Waals surface area contributed by atoms with E-state index in [1.165, 1.54) is 7.05 Å². The summed E-state index contributed by atoms with van der Waals surface area (Å²) in [5, 5.41) is 6.23. The highest BCUT2D eigenvalue weighted by atomic mass is 79.9. The third-order valence-corrected chi connectivity index (χ3v) is 4.65. The first-order valence-corrected chi connectivity index (χ1v) is 7.61. The maximum absolute atomic E-state index is 12.8. The standard InChI is InChI=1S/C13H17BrF3N3O/c1-7-5-3-4-6-8(7)18-12(21)10-9(14)11(13(15,16)17)19-20(10)2/h7-8H,3-6H2,1-2H3,(H,18,21)/t7-,8-/m1/s1. The van der Waals surface area contributed by atoms with E-state index in [0.29, 0.717) is 5.92 Å². The highest BCUT2D eigenvalue weighted by Crippen LogP contribution is 2.35. The molecule has 1 heterocycles. The lowest BCUT2D eigenvalue weighted by molar-refractivity contribution is -0.142. The molecule has 0 unspecified atom stereocenters. The second-order valence-corrected chi connectivity index (χ2v) is 6.27. The minimum atomic E-state index is -4.59. The molecule has 1 aliphatic carbocycles. The van der Waals surface area contributed by atoms with Gasteiger partial charge in [-0.2, -0.15) is 18.3 Å². The Bertz CT molecular complexity index is 541. The van der Waals surface area contributed by atoms with Gasteiger partial charge in [0, 0.05) is 13.1 Å². The summed E-state index contributed by atoms with van der Waals surface area (Å²) >= 11 is 2.85. The Morgan fingerprint density at radius 1 is 1.38 bits per heavy atom. The minimum Gasteiger partial charge on any atom is -0.348 e. The number of hydrogen-bond acceptors (Lipinski definition) is 2. The van der Waals surface area contributed by atoms with Gasteiger partial charge < -0.3 is 5.32 Å². The third-order valence-electron chi connectivity index (χ3n) is 3.90. The van der Waals surface area contributed by atoms with Crippen LogP contribution in [0.3, 0.4) is 0 Å². The van der Waals surface area contributed by atoms with Gasteiger partial charge >= 0.3 is 6.18 Å². The third kappa shape index (κ3) is 3.41. The smallest absolute Gasteiger partial charge is 0.348 e. The van der Waals surface area contributed by atoms with Crippen LogP contribution in [-0.4, -0.2) is 21.7 Å². The van der Waals surface area contributed by atoms with Crippen molar-refractivity contribution < 1.29 is 18.0 Å². The van der Waals surface area contributed by atoms with Gasteiger partial charge in [-0.3, -0.25) is 9.48 Å². The Kier molecular flexibility index (Phi) is 4.65. The SMILES string of the molecule is C[C@@H]1CCCC[C@H]1NC(=O)c1c(Br)c(C(F)(F)F)nn1C. The summed E-state index contributed by atoms with van der Waals surface area (Å²) in [5.41, 5.74) is -1.17. The molecule has 21 heavy (non-hydrogen) atoms. The molecule has 2 rings (SSSR count). The van der Waals surface area contributed by atoms with Crippen LogP contribution in [-0.2, 0) is 13.2 Å². The summed E-state index contributed by atoms with van der Waals surface area (Å²) in [7, 11) is 1.33. The average Bonchev–Trinajstić information content (AvgIpc) is 2.67. The number of aromatic nitrogens is 2. The zero-order valence-electron chi connectivity index (χ0n) is 11.8. The number of aryl methyl sites for hydroxylation is 1. The van der Waals surface area contributed by atoms with Crippen LogP contribution in [0.2, 0.25) is 0 Å². The molecule has 0 aliphatic heterocycles. The lowest BCUT2D eigenvalue weighted by Crippen LogP contribution is -2.41. The molecule has 1 aliphatic rings. The number of halogens is 4. The molecule has 4 nitrogen and oxygen atoms in total. The molecule has 1 fully saturated rings. The monoisotopic (exact) mass is 367 g/mol. The molecule has 2 atom stereocenters. The van der Waals surface area contributed by atoms with Crippen molar-refractivity contribution in [3.05, 3.63) is 15.9 Å². The van der Waals surface area contributed by atoms with Gasteiger partial charge in [0.25, 0.3) is 5.91 Å². The van der Waals surface area contributed by atoms with Crippen LogP contribution < -0.4 is 5.32 Å². The summed E-state index contributed by atoms with van der Waals surface area (Å²) in [6.07, 6.45) is -0.566. The highest BCUT2D eigenvalue weighted by molar-refractivity contribution is 9.10. The molecule has 0 aromatic carbocycles. The Balaban J connectivity index is 2.21. The fraction of sp³-hybridized carbons (Fsp3) is 0.692. The Morgan fingerprint density at radius 2 is 2.00 bits per heavy atom. The van der Waals surface area contributed by atoms with Crippen molar-refractivity contribution in [2.75, 3.05) is 0 Å². The molecule has 1 saturated carbocycles. The Hall–Kier alpha value is -1.05. The number of nitrogens with zero attached hydrogens (tertiary/aromatic N) is 2. The van der Waals surface area contributed by atoms with Crippen LogP contribution >= 0.6 is 15.9 Å². The first kappa shape index (κ1) is 16.3. The topological polar surface area (TPSA) is 46.9 Å². The van der Waals surface area contributed by atoms with E-state index < -0.39 is 17.8 Å². The minimum absolute atomic E-state index is 0.00221. The molecule has 118 valence electrons. The largest absolute Gasteiger partial charge is 0.436 e. The van der Waals surface area contributed by atoms with E-state index in [4.69, 9.17) is 0 Å². The fourth-order valence-electron chi connectivity index (χ4n) is 2.69. The predicted octanol–water partition coefficient (Wildman–Crippen LogP) is 3.51. The maximum Gasteiger partial charge on any atom is 0.436 e. The lowest BCUT2D eigenvalue weighted by atomic mass is 9.86. The van der Waals surface area contributed by atoms with Gasteiger partial charge in [0.1, 0.15) is 5.69 Å². The molecule has 0 radical (unpaired) electrons. The predicted molar refractivity (Wildman–Crippen MR) is 74.8 cm³/mol. The molecule has 8 heteroatoms. The van der Waals surface area contributed by atoms with Gasteiger partial charge in [0.2, 0.25) is 0 Å². The molecule has 0 saturated heterocycles. The fourth-order valence-corrected chi connectivity index (χ4v) is 3.43. The Labute approximate surface area is 129 Å².